The number of sulfonamides is 1. The standard InChI is InChI=1S/C22H28N2O3S/c1-18-8-10-20(11-9-18)16-24(28(26,27)21-6-4-3-5-7-21)17-22(25)23-14-12-19(2)13-15-23/h3-11,19H,12-17H2,1-2H3. The van der Waals surface area contributed by atoms with E-state index >= 15 is 0 Å². The Balaban J connectivity index is 1.83. The van der Waals surface area contributed by atoms with Gasteiger partial charge in [0.25, 0.3) is 0 Å². The molecule has 6 heteroatoms. The van der Waals surface area contributed by atoms with E-state index in [0.717, 1.165) is 24.0 Å². The van der Waals surface area contributed by atoms with Crippen LogP contribution in [0, 0.1) is 12.8 Å². The summed E-state index contributed by atoms with van der Waals surface area (Å²) in [7, 11) is -3.77. The van der Waals surface area contributed by atoms with E-state index in [1.54, 1.807) is 35.2 Å². The maximum atomic E-state index is 13.2. The Morgan fingerprint density at radius 1 is 1.04 bits per heavy atom. The van der Waals surface area contributed by atoms with E-state index in [-0.39, 0.29) is 23.9 Å². The zero-order valence-electron chi connectivity index (χ0n) is 16.5. The Kier molecular flexibility index (Phi) is 6.52. The molecule has 28 heavy (non-hydrogen) atoms. The molecule has 1 fully saturated rings. The zero-order chi connectivity index (χ0) is 20.1. The van der Waals surface area contributed by atoms with E-state index in [1.165, 1.54) is 4.31 Å². The molecule has 1 aliphatic heterocycles. The molecule has 1 saturated heterocycles. The second kappa shape index (κ2) is 8.88. The predicted molar refractivity (Wildman–Crippen MR) is 110 cm³/mol. The van der Waals surface area contributed by atoms with E-state index in [0.29, 0.717) is 19.0 Å². The molecule has 1 aliphatic rings. The molecule has 0 N–H and O–H groups in total. The number of likely N-dealkylation sites (tertiary alicyclic amines) is 1. The second-order valence-corrected chi connectivity index (χ2v) is 9.57. The highest BCUT2D eigenvalue weighted by molar-refractivity contribution is 7.89. The largest absolute Gasteiger partial charge is 0.342 e. The molecule has 5 nitrogen and oxygen atoms in total. The van der Waals surface area contributed by atoms with Crippen molar-refractivity contribution in [2.24, 2.45) is 5.92 Å². The molecule has 2 aromatic carbocycles. The monoisotopic (exact) mass is 400 g/mol. The van der Waals surface area contributed by atoms with Gasteiger partial charge in [0.2, 0.25) is 15.9 Å². The van der Waals surface area contributed by atoms with Gasteiger partial charge in [0.1, 0.15) is 0 Å². The van der Waals surface area contributed by atoms with Crippen molar-refractivity contribution in [1.82, 2.24) is 9.21 Å². The van der Waals surface area contributed by atoms with Gasteiger partial charge in [-0.3, -0.25) is 4.79 Å². The summed E-state index contributed by atoms with van der Waals surface area (Å²) in [6.45, 7) is 5.61. The summed E-state index contributed by atoms with van der Waals surface area (Å²) in [6.07, 6.45) is 1.93. The van der Waals surface area contributed by atoms with Gasteiger partial charge in [-0.25, -0.2) is 8.42 Å². The number of hydrogen-bond acceptors (Lipinski definition) is 3. The SMILES string of the molecule is Cc1ccc(CN(CC(=O)N2CCC(C)CC2)S(=O)(=O)c2ccccc2)cc1. The van der Waals surface area contributed by atoms with Crippen LogP contribution in [0.5, 0.6) is 0 Å². The lowest BCUT2D eigenvalue weighted by molar-refractivity contribution is -0.132. The second-order valence-electron chi connectivity index (χ2n) is 7.64. The molecule has 0 bridgehead atoms. The van der Waals surface area contributed by atoms with Crippen LogP contribution in [-0.2, 0) is 21.4 Å². The van der Waals surface area contributed by atoms with Crippen LogP contribution in [0.2, 0.25) is 0 Å². The summed E-state index contributed by atoms with van der Waals surface area (Å²) >= 11 is 0. The molecule has 0 atom stereocenters. The maximum absolute atomic E-state index is 13.2. The first kappa shape index (κ1) is 20.6. The molecule has 150 valence electrons. The summed E-state index contributed by atoms with van der Waals surface area (Å²) in [5.41, 5.74) is 1.98. The first-order valence-electron chi connectivity index (χ1n) is 9.75. The minimum absolute atomic E-state index is 0.126. The highest BCUT2D eigenvalue weighted by atomic mass is 32.2. The fourth-order valence-electron chi connectivity index (χ4n) is 3.37. The Labute approximate surface area is 168 Å². The van der Waals surface area contributed by atoms with Gasteiger partial charge in [-0.1, -0.05) is 55.0 Å². The Hall–Kier alpha value is -2.18. The number of carbonyl (C=O) groups excluding carboxylic acids is 1. The van der Waals surface area contributed by atoms with E-state index in [9.17, 15) is 13.2 Å². The third kappa shape index (κ3) is 5.00. The lowest BCUT2D eigenvalue weighted by Gasteiger charge is -2.32. The molecule has 0 radical (unpaired) electrons. The van der Waals surface area contributed by atoms with Crippen molar-refractivity contribution < 1.29 is 13.2 Å². The van der Waals surface area contributed by atoms with Crippen LogP contribution in [0.15, 0.2) is 59.5 Å². The van der Waals surface area contributed by atoms with E-state index in [4.69, 9.17) is 0 Å². The van der Waals surface area contributed by atoms with Crippen LogP contribution < -0.4 is 0 Å². The smallest absolute Gasteiger partial charge is 0.243 e. The lowest BCUT2D eigenvalue weighted by atomic mass is 9.99. The number of rotatable bonds is 6. The van der Waals surface area contributed by atoms with Crippen molar-refractivity contribution in [3.05, 3.63) is 65.7 Å². The minimum Gasteiger partial charge on any atom is -0.342 e. The van der Waals surface area contributed by atoms with Gasteiger partial charge in [0.05, 0.1) is 11.4 Å². The molecule has 1 amide bonds. The molecule has 0 saturated carbocycles. The molecule has 3 rings (SSSR count). The van der Waals surface area contributed by atoms with Gasteiger partial charge in [-0.15, -0.1) is 0 Å². The average Bonchev–Trinajstić information content (AvgIpc) is 2.70. The summed E-state index contributed by atoms with van der Waals surface area (Å²) < 4.78 is 27.8. The van der Waals surface area contributed by atoms with Crippen molar-refractivity contribution >= 4 is 15.9 Å². The third-order valence-electron chi connectivity index (χ3n) is 5.31. The van der Waals surface area contributed by atoms with Crippen LogP contribution in [0.3, 0.4) is 0 Å². The number of hydrogen-bond donors (Lipinski definition) is 0. The Morgan fingerprint density at radius 3 is 2.25 bits per heavy atom. The normalized spacial score (nSPS) is 15.8. The van der Waals surface area contributed by atoms with Crippen LogP contribution in [0.1, 0.15) is 30.9 Å². The molecule has 1 heterocycles. The number of nitrogens with zero attached hydrogens (tertiary/aromatic N) is 2. The van der Waals surface area contributed by atoms with Crippen LogP contribution >= 0.6 is 0 Å². The van der Waals surface area contributed by atoms with Crippen molar-refractivity contribution in [2.75, 3.05) is 19.6 Å². The predicted octanol–water partition coefficient (Wildman–Crippen LogP) is 3.44. The Morgan fingerprint density at radius 2 is 1.64 bits per heavy atom. The summed E-state index contributed by atoms with van der Waals surface area (Å²) in [5, 5.41) is 0. The van der Waals surface area contributed by atoms with Crippen LogP contribution in [0.4, 0.5) is 0 Å². The quantitative estimate of drug-likeness (QED) is 0.746. The van der Waals surface area contributed by atoms with Gasteiger partial charge in [-0.2, -0.15) is 4.31 Å². The molecule has 0 aromatic heterocycles. The molecule has 0 aliphatic carbocycles. The minimum atomic E-state index is -3.77. The van der Waals surface area contributed by atoms with E-state index < -0.39 is 10.0 Å². The number of piperidine rings is 1. The maximum Gasteiger partial charge on any atom is 0.243 e. The summed E-state index contributed by atoms with van der Waals surface area (Å²) in [5.74, 6) is 0.485. The first-order valence-corrected chi connectivity index (χ1v) is 11.2. The molecule has 0 spiro atoms. The zero-order valence-corrected chi connectivity index (χ0v) is 17.4. The first-order chi connectivity index (χ1) is 13.4. The number of benzene rings is 2. The topological polar surface area (TPSA) is 57.7 Å². The van der Waals surface area contributed by atoms with Gasteiger partial charge < -0.3 is 4.90 Å². The number of carbonyl (C=O) groups is 1. The van der Waals surface area contributed by atoms with Crippen molar-refractivity contribution in [1.29, 1.82) is 0 Å². The molecule has 2 aromatic rings. The van der Waals surface area contributed by atoms with Gasteiger partial charge in [0, 0.05) is 19.6 Å². The third-order valence-corrected chi connectivity index (χ3v) is 7.11. The number of amides is 1. The van der Waals surface area contributed by atoms with Crippen molar-refractivity contribution in [3.8, 4) is 0 Å². The van der Waals surface area contributed by atoms with Crippen molar-refractivity contribution in [3.63, 3.8) is 0 Å². The fraction of sp³-hybridized carbons (Fsp3) is 0.409. The van der Waals surface area contributed by atoms with E-state index in [1.807, 2.05) is 31.2 Å². The van der Waals surface area contributed by atoms with Crippen molar-refractivity contribution in [2.45, 2.75) is 38.1 Å². The lowest BCUT2D eigenvalue weighted by Crippen LogP contribution is -2.45. The van der Waals surface area contributed by atoms with Crippen LogP contribution in [0.25, 0.3) is 0 Å². The van der Waals surface area contributed by atoms with E-state index in [2.05, 4.69) is 6.92 Å². The van der Waals surface area contributed by atoms with Crippen LogP contribution in [-0.4, -0.2) is 43.2 Å². The summed E-state index contributed by atoms with van der Waals surface area (Å²) in [6, 6.07) is 16.1. The molecular formula is C22H28N2O3S. The highest BCUT2D eigenvalue weighted by Crippen LogP contribution is 2.21. The van der Waals surface area contributed by atoms with Gasteiger partial charge >= 0.3 is 0 Å². The molecule has 0 unspecified atom stereocenters. The average molecular weight is 401 g/mol. The fourth-order valence-corrected chi connectivity index (χ4v) is 4.77. The Bertz CT molecular complexity index is 887. The highest BCUT2D eigenvalue weighted by Gasteiger charge is 2.29. The van der Waals surface area contributed by atoms with Gasteiger partial charge in [-0.05, 0) is 43.4 Å². The number of aryl methyl sites for hydroxylation is 1. The van der Waals surface area contributed by atoms with Gasteiger partial charge in [0.15, 0.2) is 0 Å². The summed E-state index contributed by atoms with van der Waals surface area (Å²) in [4.78, 5) is 14.9. The molecular weight excluding hydrogens is 372 g/mol.